The number of anilines is 2. The van der Waals surface area contributed by atoms with E-state index in [1.807, 2.05) is 25.1 Å². The molecule has 3 rings (SSSR count). The summed E-state index contributed by atoms with van der Waals surface area (Å²) < 4.78 is 12.2. The number of ether oxygens (including phenoxy) is 2. The molecule has 2 aromatic carbocycles. The highest BCUT2D eigenvalue weighted by atomic mass is 79.9. The monoisotopic (exact) mass is 448 g/mol. The van der Waals surface area contributed by atoms with Crippen LogP contribution in [0.2, 0.25) is 0 Å². The molecule has 27 heavy (non-hydrogen) atoms. The molecular formula is C19H17BrN2O4S. The average molecular weight is 449 g/mol. The Morgan fingerprint density at radius 2 is 1.85 bits per heavy atom. The van der Waals surface area contributed by atoms with Gasteiger partial charge in [-0.1, -0.05) is 22.0 Å². The van der Waals surface area contributed by atoms with Gasteiger partial charge in [0.05, 0.1) is 13.7 Å². The van der Waals surface area contributed by atoms with E-state index in [0.29, 0.717) is 28.6 Å². The van der Waals surface area contributed by atoms with Gasteiger partial charge in [0.2, 0.25) is 0 Å². The molecule has 0 atom stereocenters. The molecule has 0 aliphatic rings. The molecular weight excluding hydrogens is 432 g/mol. The van der Waals surface area contributed by atoms with Crippen molar-refractivity contribution in [1.82, 2.24) is 0 Å². The van der Waals surface area contributed by atoms with Crippen molar-refractivity contribution in [1.29, 1.82) is 0 Å². The van der Waals surface area contributed by atoms with Gasteiger partial charge < -0.3 is 20.1 Å². The molecule has 0 aliphatic heterocycles. The molecule has 8 heteroatoms. The van der Waals surface area contributed by atoms with Crippen LogP contribution in [0.5, 0.6) is 5.75 Å². The van der Waals surface area contributed by atoms with E-state index in [0.717, 1.165) is 14.6 Å². The third kappa shape index (κ3) is 4.40. The highest BCUT2D eigenvalue weighted by Gasteiger charge is 2.20. The molecule has 2 amide bonds. The number of carbonyl (C=O) groups excluding carboxylic acids is 2. The smallest absolute Gasteiger partial charge is 0.351 e. The number of nitrogens with one attached hydrogen (secondary N) is 2. The van der Waals surface area contributed by atoms with Gasteiger partial charge in [0, 0.05) is 25.9 Å². The molecule has 3 aromatic rings. The second-order valence-corrected chi connectivity index (χ2v) is 7.45. The zero-order valence-corrected chi connectivity index (χ0v) is 17.1. The van der Waals surface area contributed by atoms with Gasteiger partial charge in [-0.2, -0.15) is 0 Å². The summed E-state index contributed by atoms with van der Waals surface area (Å²) in [7, 11) is 1.34. The lowest BCUT2D eigenvalue weighted by Gasteiger charge is -2.09. The zero-order chi connectivity index (χ0) is 19.4. The molecule has 1 heterocycles. The van der Waals surface area contributed by atoms with Gasteiger partial charge in [0.1, 0.15) is 0 Å². The number of amides is 2. The van der Waals surface area contributed by atoms with E-state index in [1.165, 1.54) is 18.4 Å². The maximum absolute atomic E-state index is 12.3. The lowest BCUT2D eigenvalue weighted by atomic mass is 10.2. The van der Waals surface area contributed by atoms with Crippen LogP contribution >= 0.6 is 27.3 Å². The number of esters is 1. The number of urea groups is 1. The molecule has 2 N–H and O–H groups in total. The van der Waals surface area contributed by atoms with Gasteiger partial charge in [0.15, 0.2) is 10.6 Å². The van der Waals surface area contributed by atoms with E-state index in [4.69, 9.17) is 9.47 Å². The Hall–Kier alpha value is -2.58. The van der Waals surface area contributed by atoms with Crippen LogP contribution in [-0.4, -0.2) is 25.7 Å². The maximum atomic E-state index is 12.3. The van der Waals surface area contributed by atoms with Crippen LogP contribution in [0.3, 0.4) is 0 Å². The summed E-state index contributed by atoms with van der Waals surface area (Å²) in [6.07, 6.45) is 0. The highest BCUT2D eigenvalue weighted by Crippen LogP contribution is 2.39. The van der Waals surface area contributed by atoms with E-state index in [2.05, 4.69) is 26.6 Å². The van der Waals surface area contributed by atoms with Crippen LogP contribution in [-0.2, 0) is 4.74 Å². The van der Waals surface area contributed by atoms with Crippen molar-refractivity contribution in [3.63, 3.8) is 0 Å². The van der Waals surface area contributed by atoms with Crippen LogP contribution in [0.4, 0.5) is 16.2 Å². The summed E-state index contributed by atoms with van der Waals surface area (Å²) in [4.78, 5) is 24.7. The van der Waals surface area contributed by atoms with Crippen molar-refractivity contribution in [2.75, 3.05) is 24.4 Å². The first-order valence-corrected chi connectivity index (χ1v) is 9.74. The third-order valence-electron chi connectivity index (χ3n) is 3.64. The first kappa shape index (κ1) is 19.2. The Morgan fingerprint density at radius 3 is 2.52 bits per heavy atom. The Balaban J connectivity index is 1.86. The highest BCUT2D eigenvalue weighted by molar-refractivity contribution is 9.10. The van der Waals surface area contributed by atoms with Gasteiger partial charge in [-0.3, -0.25) is 0 Å². The summed E-state index contributed by atoms with van der Waals surface area (Å²) in [5, 5.41) is 6.31. The number of carbonyl (C=O) groups is 2. The molecule has 0 saturated carbocycles. The number of benzene rings is 2. The molecule has 0 aliphatic carbocycles. The number of fused-ring (bicyclic) bond motifs is 1. The van der Waals surface area contributed by atoms with Crippen molar-refractivity contribution in [2.24, 2.45) is 0 Å². The minimum Gasteiger partial charge on any atom is -0.491 e. The zero-order valence-electron chi connectivity index (χ0n) is 14.7. The van der Waals surface area contributed by atoms with Crippen LogP contribution in [0.25, 0.3) is 10.1 Å². The number of rotatable bonds is 5. The predicted octanol–water partition coefficient (Wildman–Crippen LogP) is 5.49. The van der Waals surface area contributed by atoms with Crippen molar-refractivity contribution in [3.8, 4) is 5.75 Å². The predicted molar refractivity (Wildman–Crippen MR) is 111 cm³/mol. The number of thiophene rings is 1. The standard InChI is InChI=1S/C19H17BrN2O4S/c1-3-26-16-14-10-13(7-8-15(14)27-17(16)18(23)25-2)22-19(24)21-12-6-4-5-11(20)9-12/h4-10H,3H2,1-2H3,(H2,21,22,24). The molecule has 0 radical (unpaired) electrons. The first-order valence-electron chi connectivity index (χ1n) is 8.13. The topological polar surface area (TPSA) is 76.7 Å². The molecule has 0 saturated heterocycles. The van der Waals surface area contributed by atoms with Crippen molar-refractivity contribution >= 4 is 60.7 Å². The van der Waals surface area contributed by atoms with Crippen molar-refractivity contribution < 1.29 is 19.1 Å². The first-order chi connectivity index (χ1) is 13.0. The normalized spacial score (nSPS) is 10.5. The van der Waals surface area contributed by atoms with E-state index in [9.17, 15) is 9.59 Å². The Kier molecular flexibility index (Phi) is 5.98. The molecule has 140 valence electrons. The fraction of sp³-hybridized carbons (Fsp3) is 0.158. The van der Waals surface area contributed by atoms with Crippen molar-refractivity contribution in [3.05, 3.63) is 51.8 Å². The SMILES string of the molecule is CCOc1c(C(=O)OC)sc2ccc(NC(=O)Nc3cccc(Br)c3)cc12. The van der Waals surface area contributed by atoms with Crippen LogP contribution in [0, 0.1) is 0 Å². The number of methoxy groups -OCH3 is 1. The molecule has 0 fully saturated rings. The van der Waals surface area contributed by atoms with Gasteiger partial charge in [-0.15, -0.1) is 11.3 Å². The van der Waals surface area contributed by atoms with E-state index < -0.39 is 5.97 Å². The number of hydrogen-bond donors (Lipinski definition) is 2. The van der Waals surface area contributed by atoms with Gasteiger partial charge in [-0.25, -0.2) is 9.59 Å². The Labute approximate surface area is 168 Å². The Morgan fingerprint density at radius 1 is 1.11 bits per heavy atom. The maximum Gasteiger partial charge on any atom is 0.351 e. The summed E-state index contributed by atoms with van der Waals surface area (Å²) in [6, 6.07) is 12.3. The van der Waals surface area contributed by atoms with Crippen molar-refractivity contribution in [2.45, 2.75) is 6.92 Å². The molecule has 6 nitrogen and oxygen atoms in total. The second-order valence-electron chi connectivity index (χ2n) is 5.49. The number of halogens is 1. The molecule has 0 unspecified atom stereocenters. The van der Waals surface area contributed by atoms with Crippen LogP contribution in [0.15, 0.2) is 46.9 Å². The summed E-state index contributed by atoms with van der Waals surface area (Å²) in [5.74, 6) is 0.0296. The third-order valence-corrected chi connectivity index (χ3v) is 5.27. The molecule has 1 aromatic heterocycles. The fourth-order valence-electron chi connectivity index (χ4n) is 2.53. The largest absolute Gasteiger partial charge is 0.491 e. The van der Waals surface area contributed by atoms with Crippen LogP contribution in [0.1, 0.15) is 16.6 Å². The fourth-order valence-corrected chi connectivity index (χ4v) is 3.97. The summed E-state index contributed by atoms with van der Waals surface area (Å²) in [6.45, 7) is 2.26. The Bertz CT molecular complexity index is 1000. The van der Waals surface area contributed by atoms with Gasteiger partial charge in [0.25, 0.3) is 0 Å². The van der Waals surface area contributed by atoms with E-state index >= 15 is 0 Å². The van der Waals surface area contributed by atoms with E-state index in [-0.39, 0.29) is 6.03 Å². The minimum atomic E-state index is -0.443. The molecule has 0 bridgehead atoms. The van der Waals surface area contributed by atoms with Crippen LogP contribution < -0.4 is 15.4 Å². The lowest BCUT2D eigenvalue weighted by molar-refractivity contribution is 0.0602. The summed E-state index contributed by atoms with van der Waals surface area (Å²) in [5.41, 5.74) is 1.26. The molecule has 0 spiro atoms. The van der Waals surface area contributed by atoms with Gasteiger partial charge in [-0.05, 0) is 43.3 Å². The van der Waals surface area contributed by atoms with Gasteiger partial charge >= 0.3 is 12.0 Å². The minimum absolute atomic E-state index is 0.367. The lowest BCUT2D eigenvalue weighted by Crippen LogP contribution is -2.19. The average Bonchev–Trinajstić information content (AvgIpc) is 2.99. The summed E-state index contributed by atoms with van der Waals surface area (Å²) >= 11 is 4.66. The number of hydrogen-bond acceptors (Lipinski definition) is 5. The quantitative estimate of drug-likeness (QED) is 0.505. The second kappa shape index (κ2) is 8.41. The van der Waals surface area contributed by atoms with E-state index in [1.54, 1.807) is 24.3 Å².